The van der Waals surface area contributed by atoms with Gasteiger partial charge in [0.1, 0.15) is 5.54 Å². The number of methoxy groups -OCH3 is 1. The van der Waals surface area contributed by atoms with Crippen molar-refractivity contribution in [3.8, 4) is 0 Å². The van der Waals surface area contributed by atoms with Crippen LogP contribution in [0.5, 0.6) is 0 Å². The van der Waals surface area contributed by atoms with Crippen molar-refractivity contribution in [2.75, 3.05) is 20.3 Å². The lowest BCUT2D eigenvalue weighted by atomic mass is 10.00. The van der Waals surface area contributed by atoms with Crippen LogP contribution in [0.25, 0.3) is 0 Å². The zero-order chi connectivity index (χ0) is 13.4. The molecule has 106 valence electrons. The summed E-state index contributed by atoms with van der Waals surface area (Å²) in [5, 5.41) is 0. The highest BCUT2D eigenvalue weighted by Gasteiger charge is 2.29. The Labute approximate surface area is 110 Å². The van der Waals surface area contributed by atoms with Crippen LogP contribution in [0.1, 0.15) is 51.9 Å². The molecule has 0 spiro atoms. The highest BCUT2D eigenvalue weighted by atomic mass is 16.5. The minimum atomic E-state index is -0.932. The van der Waals surface area contributed by atoms with Crippen LogP contribution in [0.15, 0.2) is 0 Å². The lowest BCUT2D eigenvalue weighted by molar-refractivity contribution is -0.147. The van der Waals surface area contributed by atoms with Gasteiger partial charge in [-0.05, 0) is 32.1 Å². The predicted octanol–water partition coefficient (Wildman–Crippen LogP) is 2.25. The van der Waals surface area contributed by atoms with E-state index in [4.69, 9.17) is 10.5 Å². The van der Waals surface area contributed by atoms with Gasteiger partial charge in [0.05, 0.1) is 7.11 Å². The van der Waals surface area contributed by atoms with Crippen molar-refractivity contribution in [1.29, 1.82) is 0 Å². The molecule has 1 unspecified atom stereocenters. The molecule has 1 atom stereocenters. The third-order valence-electron chi connectivity index (χ3n) is 3.75. The van der Waals surface area contributed by atoms with Gasteiger partial charge in [0.25, 0.3) is 0 Å². The van der Waals surface area contributed by atoms with Crippen molar-refractivity contribution >= 4 is 5.97 Å². The summed E-state index contributed by atoms with van der Waals surface area (Å²) in [4.78, 5) is 11.4. The first-order valence-corrected chi connectivity index (χ1v) is 7.01. The van der Waals surface area contributed by atoms with E-state index in [1.54, 1.807) is 6.92 Å². The zero-order valence-electron chi connectivity index (χ0n) is 11.7. The average Bonchev–Trinajstić information content (AvgIpc) is 2.62. The third kappa shape index (κ3) is 5.36. The molecule has 0 aliphatic heterocycles. The molecule has 0 saturated heterocycles. The van der Waals surface area contributed by atoms with Crippen LogP contribution in [0.2, 0.25) is 0 Å². The number of rotatable bonds is 6. The Morgan fingerprint density at radius 1 is 1.28 bits per heavy atom. The Kier molecular flexibility index (Phi) is 6.65. The fraction of sp³-hybridized carbons (Fsp3) is 0.929. The van der Waals surface area contributed by atoms with Gasteiger partial charge in [0.15, 0.2) is 0 Å². The number of hydrogen-bond donors (Lipinski definition) is 1. The predicted molar refractivity (Wildman–Crippen MR) is 71.2 cm³/mol. The summed E-state index contributed by atoms with van der Waals surface area (Å²) >= 11 is 0. The van der Waals surface area contributed by atoms with Gasteiger partial charge in [-0.3, -0.25) is 4.79 Å². The minimum absolute atomic E-state index is 0.374. The second kappa shape index (κ2) is 7.74. The quantitative estimate of drug-likeness (QED) is 0.450. The molecular weight excluding hydrogens is 230 g/mol. The first-order chi connectivity index (χ1) is 8.56. The highest BCUT2D eigenvalue weighted by molar-refractivity contribution is 5.79. The summed E-state index contributed by atoms with van der Waals surface area (Å²) in [6.45, 7) is 3.02. The summed E-state index contributed by atoms with van der Waals surface area (Å²) in [7, 11) is 1.36. The smallest absolute Gasteiger partial charge is 0.325 e. The molecule has 0 aromatic rings. The molecule has 1 saturated carbocycles. The van der Waals surface area contributed by atoms with Crippen molar-refractivity contribution in [3.05, 3.63) is 0 Å². The van der Waals surface area contributed by atoms with E-state index in [-0.39, 0.29) is 5.97 Å². The fourth-order valence-corrected chi connectivity index (χ4v) is 2.40. The van der Waals surface area contributed by atoms with Gasteiger partial charge >= 0.3 is 5.97 Å². The Bertz CT molecular complexity index is 245. The van der Waals surface area contributed by atoms with Crippen LogP contribution in [0.3, 0.4) is 0 Å². The Hall–Kier alpha value is -0.610. The number of carbonyl (C=O) groups is 1. The van der Waals surface area contributed by atoms with Crippen molar-refractivity contribution < 1.29 is 14.3 Å². The molecule has 0 radical (unpaired) electrons. The molecule has 0 heterocycles. The normalized spacial score (nSPS) is 21.1. The summed E-state index contributed by atoms with van der Waals surface area (Å²) < 4.78 is 10.3. The first-order valence-electron chi connectivity index (χ1n) is 7.01. The van der Waals surface area contributed by atoms with Crippen molar-refractivity contribution in [2.45, 2.75) is 57.4 Å². The fourth-order valence-electron chi connectivity index (χ4n) is 2.40. The van der Waals surface area contributed by atoms with Crippen LogP contribution >= 0.6 is 0 Å². The first kappa shape index (κ1) is 15.4. The molecule has 4 heteroatoms. The molecule has 1 rings (SSSR count). The molecular formula is C14H27NO3. The Morgan fingerprint density at radius 2 is 1.89 bits per heavy atom. The van der Waals surface area contributed by atoms with Gasteiger partial charge < -0.3 is 15.2 Å². The molecule has 4 nitrogen and oxygen atoms in total. The molecule has 0 aromatic heterocycles. The zero-order valence-corrected chi connectivity index (χ0v) is 11.7. The van der Waals surface area contributed by atoms with Crippen LogP contribution in [-0.4, -0.2) is 31.8 Å². The standard InChI is InChI=1S/C14H27NO3/c1-14(15,13(16)17-2)9-10-18-11-12-7-5-3-4-6-8-12/h12H,3-11,15H2,1-2H3. The van der Waals surface area contributed by atoms with E-state index < -0.39 is 5.54 Å². The maximum atomic E-state index is 11.4. The summed E-state index contributed by atoms with van der Waals surface area (Å²) in [5.74, 6) is 0.315. The molecule has 1 aliphatic rings. The maximum Gasteiger partial charge on any atom is 0.325 e. The van der Waals surface area contributed by atoms with E-state index in [2.05, 4.69) is 4.74 Å². The largest absolute Gasteiger partial charge is 0.468 e. The number of hydrogen-bond acceptors (Lipinski definition) is 4. The third-order valence-corrected chi connectivity index (χ3v) is 3.75. The number of esters is 1. The van der Waals surface area contributed by atoms with Gasteiger partial charge in [0, 0.05) is 13.2 Å². The van der Waals surface area contributed by atoms with Crippen molar-refractivity contribution in [1.82, 2.24) is 0 Å². The van der Waals surface area contributed by atoms with E-state index in [1.165, 1.54) is 45.6 Å². The summed E-state index contributed by atoms with van der Waals surface area (Å²) in [5.41, 5.74) is 4.93. The van der Waals surface area contributed by atoms with Gasteiger partial charge in [-0.1, -0.05) is 25.7 Å². The number of nitrogens with two attached hydrogens (primary N) is 1. The molecule has 0 amide bonds. The van der Waals surface area contributed by atoms with Gasteiger partial charge in [-0.25, -0.2) is 0 Å². The van der Waals surface area contributed by atoms with Crippen molar-refractivity contribution in [3.63, 3.8) is 0 Å². The second-order valence-electron chi connectivity index (χ2n) is 5.59. The molecule has 2 N–H and O–H groups in total. The van der Waals surface area contributed by atoms with Crippen LogP contribution in [-0.2, 0) is 14.3 Å². The van der Waals surface area contributed by atoms with E-state index in [0.717, 1.165) is 6.61 Å². The van der Waals surface area contributed by atoms with E-state index in [1.807, 2.05) is 0 Å². The van der Waals surface area contributed by atoms with Crippen LogP contribution in [0.4, 0.5) is 0 Å². The molecule has 1 aliphatic carbocycles. The monoisotopic (exact) mass is 257 g/mol. The summed E-state index contributed by atoms with van der Waals surface area (Å²) in [6.07, 6.45) is 8.43. The SMILES string of the molecule is COC(=O)C(C)(N)CCOCC1CCCCCC1. The Morgan fingerprint density at radius 3 is 2.44 bits per heavy atom. The lowest BCUT2D eigenvalue weighted by Gasteiger charge is -2.22. The molecule has 1 fully saturated rings. The van der Waals surface area contributed by atoms with Crippen molar-refractivity contribution in [2.24, 2.45) is 11.7 Å². The number of carbonyl (C=O) groups excluding carboxylic acids is 1. The minimum Gasteiger partial charge on any atom is -0.468 e. The van der Waals surface area contributed by atoms with E-state index >= 15 is 0 Å². The summed E-state index contributed by atoms with van der Waals surface area (Å²) in [6, 6.07) is 0. The Balaban J connectivity index is 2.15. The average molecular weight is 257 g/mol. The molecule has 0 aromatic carbocycles. The molecule has 18 heavy (non-hydrogen) atoms. The number of ether oxygens (including phenoxy) is 2. The second-order valence-corrected chi connectivity index (χ2v) is 5.59. The van der Waals surface area contributed by atoms with E-state index in [0.29, 0.717) is 18.9 Å². The molecule has 0 bridgehead atoms. The lowest BCUT2D eigenvalue weighted by Crippen LogP contribution is -2.46. The topological polar surface area (TPSA) is 61.5 Å². The van der Waals surface area contributed by atoms with Gasteiger partial charge in [-0.15, -0.1) is 0 Å². The van der Waals surface area contributed by atoms with Gasteiger partial charge in [0.2, 0.25) is 0 Å². The van der Waals surface area contributed by atoms with E-state index in [9.17, 15) is 4.79 Å². The van der Waals surface area contributed by atoms with Gasteiger partial charge in [-0.2, -0.15) is 0 Å². The van der Waals surface area contributed by atoms with Crippen LogP contribution < -0.4 is 5.73 Å². The van der Waals surface area contributed by atoms with Crippen LogP contribution in [0, 0.1) is 5.92 Å². The maximum absolute atomic E-state index is 11.4. The highest BCUT2D eigenvalue weighted by Crippen LogP contribution is 2.23.